The molecule has 0 saturated carbocycles. The Bertz CT molecular complexity index is 1080. The van der Waals surface area contributed by atoms with Gasteiger partial charge in [-0.3, -0.25) is 14.4 Å². The average Bonchev–Trinajstić information content (AvgIpc) is 3.38. The van der Waals surface area contributed by atoms with Crippen molar-refractivity contribution in [3.05, 3.63) is 24.3 Å². The van der Waals surface area contributed by atoms with E-state index in [0.717, 1.165) is 12.8 Å². The van der Waals surface area contributed by atoms with E-state index in [1.807, 2.05) is 41.5 Å². The quantitative estimate of drug-likeness (QED) is 0.394. The molecule has 3 saturated heterocycles. The normalized spacial score (nSPS) is 32.7. The molecule has 0 aromatic heterocycles. The molecule has 2 bridgehead atoms. The molecule has 3 N–H and O–H groups in total. The maximum absolute atomic E-state index is 14.3. The second kappa shape index (κ2) is 11.1. The predicted octanol–water partition coefficient (Wildman–Crippen LogP) is 3.36. The molecule has 3 fully saturated rings. The van der Waals surface area contributed by atoms with Gasteiger partial charge >= 0.3 is 0 Å². The van der Waals surface area contributed by atoms with Crippen LogP contribution in [0.15, 0.2) is 24.3 Å². The lowest BCUT2D eigenvalue weighted by molar-refractivity contribution is -0.151. The Labute approximate surface area is 232 Å². The Hall–Kier alpha value is -2.65. The van der Waals surface area contributed by atoms with Crippen molar-refractivity contribution >= 4 is 23.4 Å². The number of amides is 3. The zero-order valence-electron chi connectivity index (χ0n) is 24.3. The van der Waals surface area contributed by atoms with Crippen molar-refractivity contribution in [2.45, 2.75) is 97.1 Å². The van der Waals surface area contributed by atoms with Crippen LogP contribution >= 0.6 is 0 Å². The minimum Gasteiger partial charge on any atom is -0.494 e. The van der Waals surface area contributed by atoms with Gasteiger partial charge < -0.3 is 30.1 Å². The van der Waals surface area contributed by atoms with Crippen LogP contribution in [0.3, 0.4) is 0 Å². The smallest absolute Gasteiger partial charge is 0.246 e. The van der Waals surface area contributed by atoms with Crippen LogP contribution in [-0.4, -0.2) is 70.3 Å². The first kappa shape index (κ1) is 29.3. The van der Waals surface area contributed by atoms with E-state index in [2.05, 4.69) is 17.6 Å². The molecule has 4 unspecified atom stereocenters. The molecule has 9 heteroatoms. The number of ether oxygens (including phenoxy) is 2. The van der Waals surface area contributed by atoms with Crippen LogP contribution in [0.1, 0.15) is 67.7 Å². The lowest BCUT2D eigenvalue weighted by Crippen LogP contribution is -2.60. The topological polar surface area (TPSA) is 117 Å². The molecule has 3 aliphatic rings. The number of likely N-dealkylation sites (tertiary alicyclic amines) is 1. The number of nitrogens with one attached hydrogen (secondary N) is 2. The molecule has 3 amide bonds. The number of anilines is 1. The molecule has 39 heavy (non-hydrogen) atoms. The number of benzene rings is 1. The maximum Gasteiger partial charge on any atom is 0.246 e. The van der Waals surface area contributed by atoms with Crippen LogP contribution in [0.5, 0.6) is 5.75 Å². The van der Waals surface area contributed by atoms with Crippen molar-refractivity contribution in [1.82, 2.24) is 10.2 Å². The van der Waals surface area contributed by atoms with Gasteiger partial charge in [-0.1, -0.05) is 34.1 Å². The van der Waals surface area contributed by atoms with Crippen LogP contribution in [0.25, 0.3) is 0 Å². The van der Waals surface area contributed by atoms with Gasteiger partial charge in [0.25, 0.3) is 0 Å². The third-order valence-electron chi connectivity index (χ3n) is 9.14. The van der Waals surface area contributed by atoms with Crippen molar-refractivity contribution in [2.75, 3.05) is 18.5 Å². The van der Waals surface area contributed by atoms with Crippen LogP contribution in [0, 0.1) is 23.7 Å². The summed E-state index contributed by atoms with van der Waals surface area (Å²) in [6.07, 6.45) is 2.20. The maximum atomic E-state index is 14.3. The van der Waals surface area contributed by atoms with Crippen LogP contribution < -0.4 is 15.4 Å². The SMILES string of the molecule is CCCC(C)NC(=O)C1N([C@@H](CO)C(C)C)C(=O)[C@@H]2[C@@H](C(=O)Nc3ccc(OCC)cc3)[C@]3(C)OC12CC3C. The van der Waals surface area contributed by atoms with Crippen molar-refractivity contribution < 1.29 is 29.0 Å². The van der Waals surface area contributed by atoms with Gasteiger partial charge in [0, 0.05) is 11.7 Å². The number of rotatable bonds is 11. The number of carbonyl (C=O) groups excluding carboxylic acids is 3. The summed E-state index contributed by atoms with van der Waals surface area (Å²) in [5.41, 5.74) is -1.47. The van der Waals surface area contributed by atoms with Gasteiger partial charge in [-0.15, -0.1) is 0 Å². The van der Waals surface area contributed by atoms with E-state index >= 15 is 0 Å². The van der Waals surface area contributed by atoms with E-state index in [0.29, 0.717) is 24.5 Å². The van der Waals surface area contributed by atoms with Crippen molar-refractivity contribution in [2.24, 2.45) is 23.7 Å². The summed E-state index contributed by atoms with van der Waals surface area (Å²) < 4.78 is 12.3. The minimum absolute atomic E-state index is 0.0624. The molecule has 1 aromatic rings. The summed E-state index contributed by atoms with van der Waals surface area (Å²) in [7, 11) is 0. The Kier molecular flexibility index (Phi) is 8.34. The fraction of sp³-hybridized carbons (Fsp3) is 0.700. The number of carbonyl (C=O) groups is 3. The molecular formula is C30H45N3O6. The van der Waals surface area contributed by atoms with Gasteiger partial charge in [0.1, 0.15) is 17.4 Å². The first-order valence-electron chi connectivity index (χ1n) is 14.4. The first-order valence-corrected chi connectivity index (χ1v) is 14.4. The lowest BCUT2D eigenvalue weighted by Gasteiger charge is -2.39. The molecule has 1 aromatic carbocycles. The van der Waals surface area contributed by atoms with Gasteiger partial charge in [-0.25, -0.2) is 0 Å². The number of nitrogens with zero attached hydrogens (tertiary/aromatic N) is 1. The zero-order valence-corrected chi connectivity index (χ0v) is 24.3. The highest BCUT2D eigenvalue weighted by Gasteiger charge is 2.80. The van der Waals surface area contributed by atoms with E-state index in [1.165, 1.54) is 4.90 Å². The second-order valence-electron chi connectivity index (χ2n) is 12.1. The standard InChI is InChI=1S/C30H45N3O6/c1-8-10-19(6)31-27(36)25-30-15-18(5)29(7,39-30)23(24(30)28(37)33(25)22(16-34)17(3)4)26(35)32-20-11-13-21(14-12-20)38-9-2/h11-14,17-19,22-25,34H,8-10,15-16H2,1-7H3,(H,31,36)(H,32,35)/t18?,19?,22-,23-,24-,25?,29+,30?/m0/s1. The monoisotopic (exact) mass is 543 g/mol. The van der Waals surface area contributed by atoms with Crippen molar-refractivity contribution in [3.63, 3.8) is 0 Å². The highest BCUT2D eigenvalue weighted by atomic mass is 16.5. The molecule has 0 radical (unpaired) electrons. The number of hydrogen-bond donors (Lipinski definition) is 3. The summed E-state index contributed by atoms with van der Waals surface area (Å²) in [5, 5.41) is 16.4. The van der Waals surface area contributed by atoms with Crippen LogP contribution in [0.2, 0.25) is 0 Å². The van der Waals surface area contributed by atoms with Crippen LogP contribution in [-0.2, 0) is 19.1 Å². The lowest BCUT2D eigenvalue weighted by atomic mass is 9.62. The third-order valence-corrected chi connectivity index (χ3v) is 9.14. The molecular weight excluding hydrogens is 498 g/mol. The number of fused-ring (bicyclic) bond motifs is 1. The largest absolute Gasteiger partial charge is 0.494 e. The Morgan fingerprint density at radius 3 is 2.41 bits per heavy atom. The molecule has 1 spiro atoms. The molecule has 9 nitrogen and oxygen atoms in total. The Morgan fingerprint density at radius 2 is 1.85 bits per heavy atom. The summed E-state index contributed by atoms with van der Waals surface area (Å²) in [4.78, 5) is 43.7. The highest BCUT2D eigenvalue weighted by molar-refractivity contribution is 6.02. The number of aliphatic hydroxyl groups excluding tert-OH is 1. The molecule has 3 heterocycles. The minimum atomic E-state index is -1.15. The fourth-order valence-electron chi connectivity index (χ4n) is 7.20. The molecule has 4 rings (SSSR count). The average molecular weight is 544 g/mol. The van der Waals surface area contributed by atoms with E-state index in [1.54, 1.807) is 24.3 Å². The van der Waals surface area contributed by atoms with Gasteiger partial charge in [0.15, 0.2) is 0 Å². The van der Waals surface area contributed by atoms with Gasteiger partial charge in [0.05, 0.1) is 36.7 Å². The van der Waals surface area contributed by atoms with Crippen molar-refractivity contribution in [3.8, 4) is 5.75 Å². The van der Waals surface area contributed by atoms with Crippen LogP contribution in [0.4, 0.5) is 5.69 Å². The number of hydrogen-bond acceptors (Lipinski definition) is 6. The predicted molar refractivity (Wildman–Crippen MR) is 148 cm³/mol. The third kappa shape index (κ3) is 4.82. The molecule has 3 aliphatic heterocycles. The van der Waals surface area contributed by atoms with E-state index in [4.69, 9.17) is 9.47 Å². The van der Waals surface area contributed by atoms with E-state index in [-0.39, 0.29) is 42.2 Å². The molecule has 8 atom stereocenters. The summed E-state index contributed by atoms with van der Waals surface area (Å²) in [6, 6.07) is 5.54. The molecule has 216 valence electrons. The Morgan fingerprint density at radius 1 is 1.18 bits per heavy atom. The van der Waals surface area contributed by atoms with Gasteiger partial charge in [0.2, 0.25) is 17.7 Å². The fourth-order valence-corrected chi connectivity index (χ4v) is 7.20. The summed E-state index contributed by atoms with van der Waals surface area (Å²) in [6.45, 7) is 13.9. The highest BCUT2D eigenvalue weighted by Crippen LogP contribution is 2.65. The summed E-state index contributed by atoms with van der Waals surface area (Å²) >= 11 is 0. The van der Waals surface area contributed by atoms with E-state index < -0.39 is 35.1 Å². The second-order valence-corrected chi connectivity index (χ2v) is 12.1. The van der Waals surface area contributed by atoms with Gasteiger partial charge in [-0.05, 0) is 69.7 Å². The zero-order chi connectivity index (χ0) is 28.7. The first-order chi connectivity index (χ1) is 18.4. The van der Waals surface area contributed by atoms with E-state index in [9.17, 15) is 19.5 Å². The van der Waals surface area contributed by atoms with Gasteiger partial charge in [-0.2, -0.15) is 0 Å². The Balaban J connectivity index is 1.73. The van der Waals surface area contributed by atoms with Crippen molar-refractivity contribution in [1.29, 1.82) is 0 Å². The summed E-state index contributed by atoms with van der Waals surface area (Å²) in [5.74, 6) is -1.96. The number of aliphatic hydroxyl groups is 1. The molecule has 0 aliphatic carbocycles.